The van der Waals surface area contributed by atoms with E-state index in [9.17, 15) is 14.7 Å². The number of aromatic nitrogens is 1. The summed E-state index contributed by atoms with van der Waals surface area (Å²) in [7, 11) is 0. The summed E-state index contributed by atoms with van der Waals surface area (Å²) in [5.74, 6) is -1.58. The van der Waals surface area contributed by atoms with Crippen LogP contribution in [0.15, 0.2) is 83.1 Å². The van der Waals surface area contributed by atoms with Gasteiger partial charge in [-0.15, -0.1) is 0 Å². The van der Waals surface area contributed by atoms with Gasteiger partial charge in [-0.25, -0.2) is 0 Å². The van der Waals surface area contributed by atoms with Gasteiger partial charge in [-0.3, -0.25) is 19.5 Å². The number of aryl methyl sites for hydroxylation is 1. The van der Waals surface area contributed by atoms with Crippen molar-refractivity contribution in [1.29, 1.82) is 0 Å². The highest BCUT2D eigenvalue weighted by Gasteiger charge is 2.47. The lowest BCUT2D eigenvalue weighted by Crippen LogP contribution is -2.30. The third kappa shape index (κ3) is 3.36. The van der Waals surface area contributed by atoms with E-state index >= 15 is 0 Å². The average Bonchev–Trinajstić information content (AvgIpc) is 3.00. The van der Waals surface area contributed by atoms with Crippen molar-refractivity contribution in [3.8, 4) is 0 Å². The van der Waals surface area contributed by atoms with Crippen LogP contribution in [0.25, 0.3) is 5.76 Å². The second kappa shape index (κ2) is 7.64. The molecular formula is C23H17BrN2O3. The lowest BCUT2D eigenvalue weighted by Gasteiger charge is -2.26. The summed E-state index contributed by atoms with van der Waals surface area (Å²) in [6, 6.07) is 17.1. The molecule has 144 valence electrons. The molecule has 1 atom stereocenters. The van der Waals surface area contributed by atoms with Crippen LogP contribution in [0.4, 0.5) is 5.69 Å². The molecule has 2 heterocycles. The minimum absolute atomic E-state index is 0.0618. The fourth-order valence-electron chi connectivity index (χ4n) is 3.54. The van der Waals surface area contributed by atoms with Gasteiger partial charge in [-0.2, -0.15) is 0 Å². The maximum Gasteiger partial charge on any atom is 0.300 e. The number of aliphatic hydroxyl groups excluding tert-OH is 1. The first kappa shape index (κ1) is 19.1. The van der Waals surface area contributed by atoms with Crippen LogP contribution in [0.3, 0.4) is 0 Å². The number of nitrogens with zero attached hydrogens (tertiary/aromatic N) is 2. The number of carbonyl (C=O) groups excluding carboxylic acids is 2. The van der Waals surface area contributed by atoms with Gasteiger partial charge in [0.1, 0.15) is 5.76 Å². The maximum atomic E-state index is 13.0. The van der Waals surface area contributed by atoms with E-state index in [1.54, 1.807) is 54.9 Å². The van der Waals surface area contributed by atoms with Crippen LogP contribution in [-0.2, 0) is 9.59 Å². The number of halogens is 1. The van der Waals surface area contributed by atoms with Crippen molar-refractivity contribution in [3.63, 3.8) is 0 Å². The first-order valence-electron chi connectivity index (χ1n) is 9.01. The Hall–Kier alpha value is -3.25. The lowest BCUT2D eigenvalue weighted by molar-refractivity contribution is -0.132. The van der Waals surface area contributed by atoms with Crippen molar-refractivity contribution in [2.24, 2.45) is 0 Å². The van der Waals surface area contributed by atoms with Gasteiger partial charge in [0.25, 0.3) is 11.7 Å². The molecule has 1 unspecified atom stereocenters. The number of Topliss-reactive ketones (excluding diaryl/α,β-unsaturated/α-hetero) is 1. The zero-order chi connectivity index (χ0) is 20.5. The molecule has 0 radical (unpaired) electrons. The van der Waals surface area contributed by atoms with Crippen molar-refractivity contribution >= 4 is 39.1 Å². The molecule has 29 heavy (non-hydrogen) atoms. The van der Waals surface area contributed by atoms with E-state index in [-0.39, 0.29) is 11.3 Å². The Labute approximate surface area is 176 Å². The molecule has 6 heteroatoms. The Balaban J connectivity index is 1.96. The third-order valence-electron chi connectivity index (χ3n) is 4.96. The van der Waals surface area contributed by atoms with E-state index in [1.807, 2.05) is 25.1 Å². The Kier molecular flexibility index (Phi) is 5.03. The summed E-state index contributed by atoms with van der Waals surface area (Å²) in [6.07, 6.45) is 3.21. The van der Waals surface area contributed by atoms with E-state index < -0.39 is 17.7 Å². The Bertz CT molecular complexity index is 1120. The number of para-hydroxylation sites is 1. The highest BCUT2D eigenvalue weighted by atomic mass is 79.9. The average molecular weight is 449 g/mol. The SMILES string of the molecule is Cc1ccccc1N1C(=O)C(=O)/C(=C(/O)c2ccc(Br)cc2)C1c1ccncc1. The second-order valence-electron chi connectivity index (χ2n) is 6.74. The zero-order valence-corrected chi connectivity index (χ0v) is 17.1. The number of hydrogen-bond donors (Lipinski definition) is 1. The minimum atomic E-state index is -0.747. The number of pyridine rings is 1. The quantitative estimate of drug-likeness (QED) is 0.355. The van der Waals surface area contributed by atoms with E-state index in [0.717, 1.165) is 10.0 Å². The summed E-state index contributed by atoms with van der Waals surface area (Å²) in [5.41, 5.74) is 2.71. The molecular weight excluding hydrogens is 432 g/mol. The lowest BCUT2D eigenvalue weighted by atomic mass is 9.95. The summed E-state index contributed by atoms with van der Waals surface area (Å²) < 4.78 is 0.847. The molecule has 1 fully saturated rings. The molecule has 0 aliphatic carbocycles. The van der Waals surface area contributed by atoms with E-state index in [1.165, 1.54) is 4.90 Å². The third-order valence-corrected chi connectivity index (χ3v) is 5.49. The molecule has 0 spiro atoms. The van der Waals surface area contributed by atoms with Gasteiger partial charge < -0.3 is 5.11 Å². The first-order valence-corrected chi connectivity index (χ1v) is 9.81. The van der Waals surface area contributed by atoms with Crippen molar-refractivity contribution in [2.45, 2.75) is 13.0 Å². The van der Waals surface area contributed by atoms with E-state index in [0.29, 0.717) is 16.8 Å². The number of rotatable bonds is 3. The zero-order valence-electron chi connectivity index (χ0n) is 15.5. The smallest absolute Gasteiger partial charge is 0.300 e. The molecule has 4 rings (SSSR count). The van der Waals surface area contributed by atoms with Gasteiger partial charge in [-0.05, 0) is 48.4 Å². The highest BCUT2D eigenvalue weighted by Crippen LogP contribution is 2.42. The van der Waals surface area contributed by atoms with Crippen LogP contribution in [-0.4, -0.2) is 21.8 Å². The molecule has 1 aromatic heterocycles. The van der Waals surface area contributed by atoms with Gasteiger partial charge in [0.05, 0.1) is 11.6 Å². The number of ketones is 1. The number of benzene rings is 2. The normalized spacial score (nSPS) is 18.3. The molecule has 1 aliphatic heterocycles. The first-order chi connectivity index (χ1) is 14.0. The predicted molar refractivity (Wildman–Crippen MR) is 114 cm³/mol. The van der Waals surface area contributed by atoms with E-state index in [2.05, 4.69) is 20.9 Å². The fourth-order valence-corrected chi connectivity index (χ4v) is 3.80. The van der Waals surface area contributed by atoms with Crippen LogP contribution in [0, 0.1) is 6.92 Å². The van der Waals surface area contributed by atoms with Gasteiger partial charge in [0.15, 0.2) is 0 Å². The number of carbonyl (C=O) groups is 2. The van der Waals surface area contributed by atoms with E-state index in [4.69, 9.17) is 0 Å². The minimum Gasteiger partial charge on any atom is -0.507 e. The molecule has 1 saturated heterocycles. The summed E-state index contributed by atoms with van der Waals surface area (Å²) in [5, 5.41) is 11.0. The molecule has 3 aromatic rings. The van der Waals surface area contributed by atoms with Crippen molar-refractivity contribution in [3.05, 3.63) is 99.8 Å². The number of amides is 1. The fraction of sp³-hybridized carbons (Fsp3) is 0.0870. The van der Waals surface area contributed by atoms with Gasteiger partial charge >= 0.3 is 0 Å². The summed E-state index contributed by atoms with van der Waals surface area (Å²) >= 11 is 3.36. The second-order valence-corrected chi connectivity index (χ2v) is 7.66. The van der Waals surface area contributed by atoms with Gasteiger partial charge in [0.2, 0.25) is 0 Å². The maximum absolute atomic E-state index is 13.0. The Morgan fingerprint density at radius 1 is 1.00 bits per heavy atom. The van der Waals surface area contributed by atoms with Crippen LogP contribution in [0.2, 0.25) is 0 Å². The largest absolute Gasteiger partial charge is 0.507 e. The molecule has 1 aliphatic rings. The molecule has 0 bridgehead atoms. The van der Waals surface area contributed by atoms with Crippen molar-refractivity contribution < 1.29 is 14.7 Å². The molecule has 5 nitrogen and oxygen atoms in total. The standard InChI is InChI=1S/C23H17BrN2O3/c1-14-4-2-3-5-18(14)26-20(15-10-12-25-13-11-15)19(22(28)23(26)29)21(27)16-6-8-17(24)9-7-16/h2-13,20,27H,1H3/b21-19+. The molecule has 2 aromatic carbocycles. The number of hydrogen-bond acceptors (Lipinski definition) is 4. The summed E-state index contributed by atoms with van der Waals surface area (Å²) in [6.45, 7) is 1.88. The predicted octanol–water partition coefficient (Wildman–Crippen LogP) is 4.78. The topological polar surface area (TPSA) is 70.5 Å². The number of aliphatic hydroxyl groups is 1. The monoisotopic (exact) mass is 448 g/mol. The van der Waals surface area contributed by atoms with Crippen LogP contribution >= 0.6 is 15.9 Å². The van der Waals surface area contributed by atoms with Crippen LogP contribution < -0.4 is 4.90 Å². The van der Waals surface area contributed by atoms with Gasteiger partial charge in [-0.1, -0.05) is 46.3 Å². The molecule has 1 N–H and O–H groups in total. The molecule has 1 amide bonds. The van der Waals surface area contributed by atoms with Crippen molar-refractivity contribution in [2.75, 3.05) is 4.90 Å². The Morgan fingerprint density at radius 3 is 2.31 bits per heavy atom. The highest BCUT2D eigenvalue weighted by molar-refractivity contribution is 9.10. The van der Waals surface area contributed by atoms with Crippen molar-refractivity contribution in [1.82, 2.24) is 4.98 Å². The van der Waals surface area contributed by atoms with Crippen LogP contribution in [0.5, 0.6) is 0 Å². The Morgan fingerprint density at radius 2 is 1.66 bits per heavy atom. The summed E-state index contributed by atoms with van der Waals surface area (Å²) in [4.78, 5) is 31.6. The molecule has 0 saturated carbocycles. The van der Waals surface area contributed by atoms with Gasteiger partial charge in [0, 0.05) is 28.1 Å². The number of anilines is 1. The van der Waals surface area contributed by atoms with Crippen LogP contribution in [0.1, 0.15) is 22.7 Å².